The maximum Gasteiger partial charge on any atom is 0.264 e. The number of thioether (sulfide) groups is 1. The quantitative estimate of drug-likeness (QED) is 0.273. The molecule has 1 aliphatic rings. The predicted octanol–water partition coefficient (Wildman–Crippen LogP) is 6.03. The summed E-state index contributed by atoms with van der Waals surface area (Å²) in [6.45, 7) is 2.53. The van der Waals surface area contributed by atoms with Crippen LogP contribution in [-0.2, 0) is 23.5 Å². The van der Waals surface area contributed by atoms with Gasteiger partial charge in [0.1, 0.15) is 11.6 Å². The maximum atomic E-state index is 13.1. The molecule has 0 aliphatic carbocycles. The van der Waals surface area contributed by atoms with Gasteiger partial charge in [-0.3, -0.25) is 4.79 Å². The molecule has 1 aliphatic heterocycles. The van der Waals surface area contributed by atoms with Gasteiger partial charge in [-0.05, 0) is 59.5 Å². The van der Waals surface area contributed by atoms with E-state index in [2.05, 4.69) is 23.6 Å². The largest absolute Gasteiger partial charge is 0.454 e. The van der Waals surface area contributed by atoms with E-state index < -0.39 is 5.91 Å². The summed E-state index contributed by atoms with van der Waals surface area (Å²) in [5, 5.41) is 17.2. The third-order valence-electron chi connectivity index (χ3n) is 5.37. The van der Waals surface area contributed by atoms with Crippen LogP contribution in [0.5, 0.6) is 11.5 Å². The lowest BCUT2D eigenvalue weighted by atomic mass is 10.1. The highest BCUT2D eigenvalue weighted by atomic mass is 35.5. The Balaban J connectivity index is 1.53. The summed E-state index contributed by atoms with van der Waals surface area (Å²) in [5.74, 6) is 1.43. The van der Waals surface area contributed by atoms with E-state index in [1.54, 1.807) is 6.07 Å². The number of carbonyl (C=O) groups excluding carboxylic acids is 1. The first-order chi connectivity index (χ1) is 17.1. The molecule has 178 valence electrons. The second kappa shape index (κ2) is 11.7. The van der Waals surface area contributed by atoms with Crippen LogP contribution in [0.4, 0.5) is 5.69 Å². The number of anilines is 1. The normalized spacial score (nSPS) is 12.5. The van der Waals surface area contributed by atoms with E-state index in [9.17, 15) is 10.1 Å². The van der Waals surface area contributed by atoms with E-state index in [1.165, 1.54) is 17.3 Å². The van der Waals surface area contributed by atoms with Gasteiger partial charge in [-0.25, -0.2) is 0 Å². The molecule has 3 aromatic rings. The van der Waals surface area contributed by atoms with Crippen LogP contribution in [0.3, 0.4) is 0 Å². The van der Waals surface area contributed by atoms with Crippen LogP contribution in [0.15, 0.2) is 77.3 Å². The van der Waals surface area contributed by atoms with Crippen LogP contribution in [0.2, 0.25) is 5.02 Å². The first-order valence-corrected chi connectivity index (χ1v) is 12.5. The molecule has 2 N–H and O–H groups in total. The Morgan fingerprint density at radius 2 is 1.69 bits per heavy atom. The Bertz CT molecular complexity index is 1270. The van der Waals surface area contributed by atoms with Crippen LogP contribution in [0.1, 0.15) is 23.6 Å². The molecule has 1 amide bonds. The summed E-state index contributed by atoms with van der Waals surface area (Å²) in [7, 11) is 0. The van der Waals surface area contributed by atoms with Crippen molar-refractivity contribution >= 4 is 35.0 Å². The number of halogens is 1. The van der Waals surface area contributed by atoms with E-state index in [-0.39, 0.29) is 18.9 Å². The molecule has 0 unspecified atom stereocenters. The van der Waals surface area contributed by atoms with E-state index in [4.69, 9.17) is 21.1 Å². The summed E-state index contributed by atoms with van der Waals surface area (Å²) >= 11 is 7.39. The number of fused-ring (bicyclic) bond motifs is 1. The third kappa shape index (κ3) is 6.50. The van der Waals surface area contributed by atoms with Gasteiger partial charge in [-0.15, -0.1) is 11.8 Å². The zero-order chi connectivity index (χ0) is 24.6. The molecule has 0 atom stereocenters. The summed E-state index contributed by atoms with van der Waals surface area (Å²) in [6, 6.07) is 23.0. The van der Waals surface area contributed by atoms with E-state index in [0.717, 1.165) is 23.2 Å². The molecule has 0 fully saturated rings. The molecule has 1 heterocycles. The van der Waals surface area contributed by atoms with Crippen LogP contribution >= 0.6 is 23.4 Å². The SMILES string of the molecule is CCc1ccc(N/C(SCc2ccc(Cl)cc2)=C(/C#N)C(=O)NCc2ccc3c(c2)OCO3)cc1. The van der Waals surface area contributed by atoms with Crippen molar-refractivity contribution in [3.05, 3.63) is 99.0 Å². The van der Waals surface area contributed by atoms with Crippen LogP contribution in [-0.4, -0.2) is 12.7 Å². The number of amides is 1. The molecule has 6 nitrogen and oxygen atoms in total. The molecular weight excluding hydrogens is 482 g/mol. The molecule has 0 aromatic heterocycles. The average molecular weight is 506 g/mol. The number of hydrogen-bond donors (Lipinski definition) is 2. The number of rotatable bonds is 9. The molecule has 0 saturated heterocycles. The van der Waals surface area contributed by atoms with Crippen molar-refractivity contribution in [3.8, 4) is 17.6 Å². The molecule has 0 bridgehead atoms. The van der Waals surface area contributed by atoms with Gasteiger partial charge in [-0.1, -0.05) is 48.9 Å². The minimum atomic E-state index is -0.457. The predicted molar refractivity (Wildman–Crippen MR) is 139 cm³/mol. The van der Waals surface area contributed by atoms with Gasteiger partial charge >= 0.3 is 0 Å². The van der Waals surface area contributed by atoms with Crippen molar-refractivity contribution in [1.29, 1.82) is 5.26 Å². The number of nitrogens with zero attached hydrogens (tertiary/aromatic N) is 1. The minimum absolute atomic E-state index is 0.0178. The van der Waals surface area contributed by atoms with Gasteiger partial charge in [0.25, 0.3) is 5.91 Å². The number of carbonyl (C=O) groups is 1. The fourth-order valence-electron chi connectivity index (χ4n) is 3.39. The lowest BCUT2D eigenvalue weighted by Crippen LogP contribution is -2.25. The average Bonchev–Trinajstić information content (AvgIpc) is 3.35. The van der Waals surface area contributed by atoms with Gasteiger partial charge in [0, 0.05) is 23.0 Å². The van der Waals surface area contributed by atoms with E-state index in [1.807, 2.05) is 60.7 Å². The topological polar surface area (TPSA) is 83.4 Å². The Labute approximate surface area is 213 Å². The summed E-state index contributed by atoms with van der Waals surface area (Å²) in [6.07, 6.45) is 0.931. The van der Waals surface area contributed by atoms with Crippen molar-refractivity contribution in [2.24, 2.45) is 0 Å². The molecule has 4 rings (SSSR count). The first kappa shape index (κ1) is 24.5. The molecule has 8 heteroatoms. The third-order valence-corrected chi connectivity index (χ3v) is 6.70. The summed E-state index contributed by atoms with van der Waals surface area (Å²) < 4.78 is 10.7. The highest BCUT2D eigenvalue weighted by Crippen LogP contribution is 2.32. The Kier molecular flexibility index (Phi) is 8.19. The van der Waals surface area contributed by atoms with Crippen LogP contribution in [0.25, 0.3) is 0 Å². The fraction of sp³-hybridized carbons (Fsp3) is 0.185. The van der Waals surface area contributed by atoms with Crippen molar-refractivity contribution in [1.82, 2.24) is 5.32 Å². The maximum absolute atomic E-state index is 13.1. The van der Waals surface area contributed by atoms with Crippen molar-refractivity contribution in [3.63, 3.8) is 0 Å². The highest BCUT2D eigenvalue weighted by Gasteiger charge is 2.18. The van der Waals surface area contributed by atoms with Gasteiger partial charge in [-0.2, -0.15) is 5.26 Å². The Hall–Kier alpha value is -3.60. The van der Waals surface area contributed by atoms with Gasteiger partial charge in [0.2, 0.25) is 6.79 Å². The highest BCUT2D eigenvalue weighted by molar-refractivity contribution is 8.02. The smallest absolute Gasteiger partial charge is 0.264 e. The number of benzene rings is 3. The number of aryl methyl sites for hydroxylation is 1. The molecule has 0 spiro atoms. The number of ether oxygens (including phenoxy) is 2. The van der Waals surface area contributed by atoms with Crippen molar-refractivity contribution in [2.45, 2.75) is 25.6 Å². The Morgan fingerprint density at radius 3 is 2.40 bits per heavy atom. The summed E-state index contributed by atoms with van der Waals surface area (Å²) in [5.41, 5.74) is 3.90. The Morgan fingerprint density at radius 1 is 1.00 bits per heavy atom. The van der Waals surface area contributed by atoms with Gasteiger partial charge in [0.15, 0.2) is 11.5 Å². The summed E-state index contributed by atoms with van der Waals surface area (Å²) in [4.78, 5) is 13.1. The fourth-order valence-corrected chi connectivity index (χ4v) is 4.49. The van der Waals surface area contributed by atoms with Crippen LogP contribution < -0.4 is 20.1 Å². The lowest BCUT2D eigenvalue weighted by Gasteiger charge is -2.14. The second-order valence-corrected chi connectivity index (χ2v) is 9.20. The van der Waals surface area contributed by atoms with E-state index in [0.29, 0.717) is 27.3 Å². The molecule has 0 radical (unpaired) electrons. The zero-order valence-electron chi connectivity index (χ0n) is 19.1. The molecule has 3 aromatic carbocycles. The van der Waals surface area contributed by atoms with Gasteiger partial charge in [0.05, 0.1) is 5.03 Å². The molecule has 35 heavy (non-hydrogen) atoms. The lowest BCUT2D eigenvalue weighted by molar-refractivity contribution is -0.117. The number of hydrogen-bond acceptors (Lipinski definition) is 6. The van der Waals surface area contributed by atoms with Crippen molar-refractivity contribution < 1.29 is 14.3 Å². The monoisotopic (exact) mass is 505 g/mol. The minimum Gasteiger partial charge on any atom is -0.454 e. The second-order valence-electron chi connectivity index (χ2n) is 7.78. The number of nitrogens with one attached hydrogen (secondary N) is 2. The molecular formula is C27H24ClN3O3S. The molecule has 0 saturated carbocycles. The first-order valence-electron chi connectivity index (χ1n) is 11.1. The van der Waals surface area contributed by atoms with E-state index >= 15 is 0 Å². The van der Waals surface area contributed by atoms with Crippen molar-refractivity contribution in [2.75, 3.05) is 12.1 Å². The number of nitriles is 1. The standard InChI is InChI=1S/C27H24ClN3O3S/c1-2-18-5-10-22(11-6-18)31-27(35-16-19-3-8-21(28)9-4-19)23(14-29)26(32)30-15-20-7-12-24-25(13-20)34-17-33-24/h3-13,31H,2,15-17H2,1H3,(H,30,32)/b27-23+. The zero-order valence-corrected chi connectivity index (χ0v) is 20.7. The van der Waals surface area contributed by atoms with Crippen LogP contribution in [0, 0.1) is 11.3 Å². The van der Waals surface area contributed by atoms with Gasteiger partial charge < -0.3 is 20.1 Å².